The number of para-hydroxylation sites is 1. The molecule has 1 aromatic carbocycles. The van der Waals surface area contributed by atoms with Gasteiger partial charge in [-0.05, 0) is 43.5 Å². The van der Waals surface area contributed by atoms with E-state index in [2.05, 4.69) is 15.6 Å². The van der Waals surface area contributed by atoms with Gasteiger partial charge in [-0.15, -0.1) is 0 Å². The molecule has 0 saturated carbocycles. The Balaban J connectivity index is 2.12. The molecule has 2 rings (SSSR count). The van der Waals surface area contributed by atoms with Crippen LogP contribution in [0.5, 0.6) is 0 Å². The highest BCUT2D eigenvalue weighted by molar-refractivity contribution is 6.03. The standard InChI is InChI=1S/C20H23N5O3/c1-12-14(13(2)24-20(28)16(12)11-22)7-8-18(26)25-17-6-4-3-5-15(17)19(27)23-10-9-21/h3-6H,7-10,21H2,1-2H3,(H,23,27)(H,24,28)(H,25,26). The van der Waals surface area contributed by atoms with Crippen LogP contribution in [-0.2, 0) is 11.2 Å². The van der Waals surface area contributed by atoms with Crippen molar-refractivity contribution in [2.24, 2.45) is 5.73 Å². The van der Waals surface area contributed by atoms with Crippen LogP contribution in [0.2, 0.25) is 0 Å². The molecule has 0 aliphatic rings. The minimum absolute atomic E-state index is 0.0583. The Bertz CT molecular complexity index is 988. The number of pyridine rings is 1. The predicted molar refractivity (Wildman–Crippen MR) is 106 cm³/mol. The van der Waals surface area contributed by atoms with Crippen LogP contribution in [0, 0.1) is 25.2 Å². The van der Waals surface area contributed by atoms with Crippen LogP contribution in [0.1, 0.15) is 39.2 Å². The Labute approximate surface area is 162 Å². The number of amides is 2. The van der Waals surface area contributed by atoms with Crippen LogP contribution < -0.4 is 21.9 Å². The van der Waals surface area contributed by atoms with Crippen LogP contribution in [0.25, 0.3) is 0 Å². The fourth-order valence-corrected chi connectivity index (χ4v) is 2.94. The van der Waals surface area contributed by atoms with Crippen molar-refractivity contribution in [2.45, 2.75) is 26.7 Å². The second kappa shape index (κ2) is 9.48. The van der Waals surface area contributed by atoms with Crippen molar-refractivity contribution in [3.05, 3.63) is 62.6 Å². The molecule has 0 bridgehead atoms. The van der Waals surface area contributed by atoms with E-state index in [4.69, 9.17) is 11.0 Å². The van der Waals surface area contributed by atoms with Crippen LogP contribution >= 0.6 is 0 Å². The Kier molecular flexibility index (Phi) is 7.07. The molecule has 2 aromatic rings. The number of anilines is 1. The van der Waals surface area contributed by atoms with Gasteiger partial charge in [0.15, 0.2) is 0 Å². The van der Waals surface area contributed by atoms with Crippen molar-refractivity contribution in [3.63, 3.8) is 0 Å². The molecular weight excluding hydrogens is 358 g/mol. The fourth-order valence-electron chi connectivity index (χ4n) is 2.94. The van der Waals surface area contributed by atoms with Gasteiger partial charge >= 0.3 is 0 Å². The molecule has 2 amide bonds. The molecule has 1 heterocycles. The number of aromatic nitrogens is 1. The molecule has 0 atom stereocenters. The van der Waals surface area contributed by atoms with Crippen LogP contribution in [0.15, 0.2) is 29.1 Å². The molecule has 0 radical (unpaired) electrons. The first-order chi connectivity index (χ1) is 13.4. The normalized spacial score (nSPS) is 10.2. The lowest BCUT2D eigenvalue weighted by Gasteiger charge is -2.13. The summed E-state index contributed by atoms with van der Waals surface area (Å²) in [6, 6.07) is 8.61. The third kappa shape index (κ3) is 4.84. The summed E-state index contributed by atoms with van der Waals surface area (Å²) in [6.45, 7) is 4.10. The first kappa shape index (κ1) is 20.9. The van der Waals surface area contributed by atoms with Crippen molar-refractivity contribution in [1.82, 2.24) is 10.3 Å². The van der Waals surface area contributed by atoms with Crippen molar-refractivity contribution < 1.29 is 9.59 Å². The third-order valence-corrected chi connectivity index (χ3v) is 4.40. The summed E-state index contributed by atoms with van der Waals surface area (Å²) < 4.78 is 0. The second-order valence-corrected chi connectivity index (χ2v) is 6.31. The predicted octanol–water partition coefficient (Wildman–Crippen LogP) is 1.12. The topological polar surface area (TPSA) is 141 Å². The zero-order valence-electron chi connectivity index (χ0n) is 15.9. The van der Waals surface area contributed by atoms with E-state index in [0.29, 0.717) is 42.0 Å². The lowest BCUT2D eigenvalue weighted by atomic mass is 9.99. The Morgan fingerprint density at radius 2 is 1.96 bits per heavy atom. The van der Waals surface area contributed by atoms with E-state index >= 15 is 0 Å². The van der Waals surface area contributed by atoms with E-state index in [1.54, 1.807) is 38.1 Å². The summed E-state index contributed by atoms with van der Waals surface area (Å²) in [4.78, 5) is 39.1. The van der Waals surface area contributed by atoms with E-state index in [1.165, 1.54) is 0 Å². The number of carbonyl (C=O) groups excluding carboxylic acids is 2. The van der Waals surface area contributed by atoms with E-state index in [0.717, 1.165) is 5.56 Å². The van der Waals surface area contributed by atoms with E-state index < -0.39 is 5.56 Å². The summed E-state index contributed by atoms with van der Waals surface area (Å²) in [7, 11) is 0. The number of nitriles is 1. The molecule has 0 aliphatic carbocycles. The summed E-state index contributed by atoms with van der Waals surface area (Å²) in [5.74, 6) is -0.588. The molecule has 0 spiro atoms. The van der Waals surface area contributed by atoms with Crippen LogP contribution in [0.3, 0.4) is 0 Å². The first-order valence-corrected chi connectivity index (χ1v) is 8.88. The van der Waals surface area contributed by atoms with Gasteiger partial charge in [-0.3, -0.25) is 14.4 Å². The number of benzene rings is 1. The maximum Gasteiger partial charge on any atom is 0.266 e. The first-order valence-electron chi connectivity index (χ1n) is 8.88. The quantitative estimate of drug-likeness (QED) is 0.569. The molecule has 28 heavy (non-hydrogen) atoms. The Morgan fingerprint density at radius 1 is 1.25 bits per heavy atom. The van der Waals surface area contributed by atoms with Crippen LogP contribution in [-0.4, -0.2) is 29.9 Å². The molecule has 0 unspecified atom stereocenters. The minimum atomic E-state index is -0.428. The van der Waals surface area contributed by atoms with Gasteiger partial charge in [0.25, 0.3) is 11.5 Å². The van der Waals surface area contributed by atoms with E-state index in [-0.39, 0.29) is 23.8 Å². The smallest absolute Gasteiger partial charge is 0.266 e. The number of H-pyrrole nitrogens is 1. The lowest BCUT2D eigenvalue weighted by molar-refractivity contribution is -0.116. The van der Waals surface area contributed by atoms with Gasteiger partial charge < -0.3 is 21.4 Å². The van der Waals surface area contributed by atoms with Crippen molar-refractivity contribution in [2.75, 3.05) is 18.4 Å². The zero-order chi connectivity index (χ0) is 20.7. The highest BCUT2D eigenvalue weighted by Crippen LogP contribution is 2.18. The van der Waals surface area contributed by atoms with Gasteiger partial charge in [0.05, 0.1) is 11.3 Å². The van der Waals surface area contributed by atoms with Crippen molar-refractivity contribution >= 4 is 17.5 Å². The average molecular weight is 381 g/mol. The summed E-state index contributed by atoms with van der Waals surface area (Å²) in [5.41, 5.74) is 7.77. The third-order valence-electron chi connectivity index (χ3n) is 4.40. The molecule has 0 fully saturated rings. The highest BCUT2D eigenvalue weighted by Gasteiger charge is 2.15. The molecule has 0 saturated heterocycles. The number of rotatable bonds is 7. The number of hydrogen-bond acceptors (Lipinski definition) is 5. The second-order valence-electron chi connectivity index (χ2n) is 6.31. The molecule has 146 valence electrons. The van der Waals surface area contributed by atoms with Gasteiger partial charge in [0.1, 0.15) is 11.6 Å². The fraction of sp³-hybridized carbons (Fsp3) is 0.300. The van der Waals surface area contributed by atoms with Gasteiger partial charge in [0, 0.05) is 25.2 Å². The molecule has 1 aromatic heterocycles. The Morgan fingerprint density at radius 3 is 2.64 bits per heavy atom. The van der Waals surface area contributed by atoms with E-state index in [9.17, 15) is 14.4 Å². The zero-order valence-corrected chi connectivity index (χ0v) is 15.9. The van der Waals surface area contributed by atoms with Gasteiger partial charge in [-0.2, -0.15) is 5.26 Å². The van der Waals surface area contributed by atoms with Crippen molar-refractivity contribution in [3.8, 4) is 6.07 Å². The number of nitrogens with zero attached hydrogens (tertiary/aromatic N) is 1. The molecule has 0 aliphatic heterocycles. The maximum atomic E-state index is 12.4. The number of nitrogens with two attached hydrogens (primary N) is 1. The lowest BCUT2D eigenvalue weighted by Crippen LogP contribution is -2.30. The van der Waals surface area contributed by atoms with Crippen molar-refractivity contribution in [1.29, 1.82) is 5.26 Å². The molecule has 5 N–H and O–H groups in total. The van der Waals surface area contributed by atoms with Crippen LogP contribution in [0.4, 0.5) is 5.69 Å². The maximum absolute atomic E-state index is 12.4. The largest absolute Gasteiger partial charge is 0.351 e. The number of hydrogen-bond donors (Lipinski definition) is 4. The number of aromatic amines is 1. The highest BCUT2D eigenvalue weighted by atomic mass is 16.2. The van der Waals surface area contributed by atoms with Gasteiger partial charge in [-0.25, -0.2) is 0 Å². The summed E-state index contributed by atoms with van der Waals surface area (Å²) in [6.07, 6.45) is 0.494. The SMILES string of the molecule is Cc1[nH]c(=O)c(C#N)c(C)c1CCC(=O)Nc1ccccc1C(=O)NCCN. The summed E-state index contributed by atoms with van der Waals surface area (Å²) in [5, 5.41) is 14.6. The molecular formula is C20H23N5O3. The molecule has 8 nitrogen and oxygen atoms in total. The van der Waals surface area contributed by atoms with E-state index in [1.807, 2.05) is 6.07 Å². The minimum Gasteiger partial charge on any atom is -0.351 e. The number of carbonyl (C=O) groups is 2. The number of nitrogens with one attached hydrogen (secondary N) is 3. The Hall–Kier alpha value is -3.44. The average Bonchev–Trinajstić information content (AvgIpc) is 2.66. The summed E-state index contributed by atoms with van der Waals surface area (Å²) >= 11 is 0. The monoisotopic (exact) mass is 381 g/mol. The van der Waals surface area contributed by atoms with Gasteiger partial charge in [0.2, 0.25) is 5.91 Å². The van der Waals surface area contributed by atoms with Gasteiger partial charge in [-0.1, -0.05) is 12.1 Å². The molecule has 8 heteroatoms. The number of aryl methyl sites for hydroxylation is 1.